The van der Waals surface area contributed by atoms with E-state index in [0.717, 1.165) is 18.7 Å². The molecule has 0 amide bonds. The predicted octanol–water partition coefficient (Wildman–Crippen LogP) is 2.28. The molecule has 0 bridgehead atoms. The molecule has 5 heteroatoms. The average molecular weight is 203 g/mol. The first-order valence-corrected chi connectivity index (χ1v) is 4.69. The highest BCUT2D eigenvalue weighted by Gasteiger charge is 2.07. The van der Waals surface area contributed by atoms with Crippen LogP contribution in [0, 0.1) is 6.92 Å². The van der Waals surface area contributed by atoms with Crippen molar-refractivity contribution in [2.24, 2.45) is 0 Å². The Morgan fingerprint density at radius 1 is 1.57 bits per heavy atom. The minimum atomic E-state index is -2.35. The third kappa shape index (κ3) is 2.97. The molecule has 3 nitrogen and oxygen atoms in total. The van der Waals surface area contributed by atoms with Crippen LogP contribution in [0.1, 0.15) is 19.0 Å². The summed E-state index contributed by atoms with van der Waals surface area (Å²) in [6.45, 7) is 4.33. The van der Waals surface area contributed by atoms with Gasteiger partial charge in [0.1, 0.15) is 0 Å². The first-order valence-electron chi connectivity index (χ1n) is 4.69. The summed E-state index contributed by atoms with van der Waals surface area (Å²) in [5.41, 5.74) is 0.843. The Bertz CT molecular complexity index is 284. The molecule has 0 aliphatic heterocycles. The fourth-order valence-electron chi connectivity index (χ4n) is 1.27. The van der Waals surface area contributed by atoms with Gasteiger partial charge in [0.05, 0.1) is 12.2 Å². The van der Waals surface area contributed by atoms with Crippen molar-refractivity contribution in [2.45, 2.75) is 33.2 Å². The Hall–Kier alpha value is -1.13. The van der Waals surface area contributed by atoms with Crippen molar-refractivity contribution in [3.63, 3.8) is 0 Å². The molecule has 1 heterocycles. The van der Waals surface area contributed by atoms with E-state index in [1.807, 2.05) is 24.6 Å². The third-order valence-corrected chi connectivity index (χ3v) is 1.78. The van der Waals surface area contributed by atoms with Crippen molar-refractivity contribution in [3.05, 3.63) is 11.9 Å². The molecular formula is C9H15F2N3. The van der Waals surface area contributed by atoms with Gasteiger partial charge in [-0.1, -0.05) is 6.92 Å². The minimum Gasteiger partial charge on any atom is -0.350 e. The van der Waals surface area contributed by atoms with E-state index in [-0.39, 0.29) is 6.54 Å². The van der Waals surface area contributed by atoms with Gasteiger partial charge < -0.3 is 9.88 Å². The molecular weight excluding hydrogens is 188 g/mol. The lowest BCUT2D eigenvalue weighted by Gasteiger charge is -2.07. The van der Waals surface area contributed by atoms with E-state index in [1.54, 1.807) is 0 Å². The second-order valence-corrected chi connectivity index (χ2v) is 3.17. The fourth-order valence-corrected chi connectivity index (χ4v) is 1.27. The van der Waals surface area contributed by atoms with Gasteiger partial charge in [0.25, 0.3) is 6.43 Å². The Balaban J connectivity index is 2.63. The van der Waals surface area contributed by atoms with Crippen LogP contribution in [0.5, 0.6) is 0 Å². The maximum atomic E-state index is 11.9. The van der Waals surface area contributed by atoms with Crippen LogP contribution in [0.2, 0.25) is 0 Å². The molecule has 0 fully saturated rings. The zero-order valence-corrected chi connectivity index (χ0v) is 8.43. The topological polar surface area (TPSA) is 29.9 Å². The standard InChI is InChI=1S/C9H15F2N3/c1-3-4-14-6-7(2)13-9(14)12-5-8(10)11/h6,8H,3-5H2,1-2H3,(H,12,13). The van der Waals surface area contributed by atoms with Crippen LogP contribution in [0.15, 0.2) is 6.20 Å². The molecule has 0 unspecified atom stereocenters. The smallest absolute Gasteiger partial charge is 0.255 e. The number of rotatable bonds is 5. The summed E-state index contributed by atoms with van der Waals surface area (Å²) in [4.78, 5) is 4.12. The number of imidazole rings is 1. The molecule has 14 heavy (non-hydrogen) atoms. The lowest BCUT2D eigenvalue weighted by Crippen LogP contribution is -2.14. The van der Waals surface area contributed by atoms with Crippen LogP contribution in [-0.4, -0.2) is 22.5 Å². The van der Waals surface area contributed by atoms with Gasteiger partial charge in [-0.15, -0.1) is 0 Å². The van der Waals surface area contributed by atoms with Gasteiger partial charge in [0.2, 0.25) is 5.95 Å². The van der Waals surface area contributed by atoms with Crippen LogP contribution in [0.25, 0.3) is 0 Å². The zero-order chi connectivity index (χ0) is 10.6. The third-order valence-electron chi connectivity index (χ3n) is 1.78. The first kappa shape index (κ1) is 10.9. The van der Waals surface area contributed by atoms with Crippen LogP contribution in [0.3, 0.4) is 0 Å². The molecule has 0 aliphatic rings. The van der Waals surface area contributed by atoms with E-state index in [9.17, 15) is 8.78 Å². The van der Waals surface area contributed by atoms with Crippen LogP contribution < -0.4 is 5.32 Å². The molecule has 1 aromatic heterocycles. The number of hydrogen-bond acceptors (Lipinski definition) is 2. The summed E-state index contributed by atoms with van der Waals surface area (Å²) in [6, 6.07) is 0. The Morgan fingerprint density at radius 3 is 2.86 bits per heavy atom. The van der Waals surface area contributed by atoms with Gasteiger partial charge in [-0.25, -0.2) is 13.8 Å². The van der Waals surface area contributed by atoms with Gasteiger partial charge in [0, 0.05) is 12.7 Å². The molecule has 1 rings (SSSR count). The van der Waals surface area contributed by atoms with E-state index in [0.29, 0.717) is 5.95 Å². The van der Waals surface area contributed by atoms with E-state index in [4.69, 9.17) is 0 Å². The molecule has 0 aromatic carbocycles. The highest BCUT2D eigenvalue weighted by atomic mass is 19.3. The summed E-state index contributed by atoms with van der Waals surface area (Å²) < 4.78 is 25.7. The number of aryl methyl sites for hydroxylation is 2. The van der Waals surface area contributed by atoms with Crippen molar-refractivity contribution in [1.82, 2.24) is 9.55 Å². The number of alkyl halides is 2. The van der Waals surface area contributed by atoms with E-state index >= 15 is 0 Å². The zero-order valence-electron chi connectivity index (χ0n) is 8.43. The Labute approximate surface area is 82.1 Å². The number of anilines is 1. The lowest BCUT2D eigenvalue weighted by atomic mass is 10.5. The number of aromatic nitrogens is 2. The number of hydrogen-bond donors (Lipinski definition) is 1. The van der Waals surface area contributed by atoms with Crippen LogP contribution in [-0.2, 0) is 6.54 Å². The van der Waals surface area contributed by atoms with E-state index in [1.165, 1.54) is 0 Å². The van der Waals surface area contributed by atoms with Gasteiger partial charge in [0.15, 0.2) is 0 Å². The van der Waals surface area contributed by atoms with Gasteiger partial charge >= 0.3 is 0 Å². The quantitative estimate of drug-likeness (QED) is 0.795. The second-order valence-electron chi connectivity index (χ2n) is 3.17. The maximum Gasteiger partial charge on any atom is 0.255 e. The molecule has 0 aliphatic carbocycles. The van der Waals surface area contributed by atoms with Crippen molar-refractivity contribution in [1.29, 1.82) is 0 Å². The molecule has 0 spiro atoms. The van der Waals surface area contributed by atoms with Gasteiger partial charge in [-0.3, -0.25) is 0 Å². The highest BCUT2D eigenvalue weighted by Crippen LogP contribution is 2.09. The Morgan fingerprint density at radius 2 is 2.29 bits per heavy atom. The van der Waals surface area contributed by atoms with Crippen molar-refractivity contribution in [2.75, 3.05) is 11.9 Å². The summed E-state index contributed by atoms with van der Waals surface area (Å²) in [5, 5.41) is 2.62. The van der Waals surface area contributed by atoms with Gasteiger partial charge in [-0.05, 0) is 13.3 Å². The molecule has 0 saturated heterocycles. The highest BCUT2D eigenvalue weighted by molar-refractivity contribution is 5.28. The molecule has 1 N–H and O–H groups in total. The average Bonchev–Trinajstić information content (AvgIpc) is 2.44. The largest absolute Gasteiger partial charge is 0.350 e. The van der Waals surface area contributed by atoms with Crippen LogP contribution >= 0.6 is 0 Å². The Kier molecular flexibility index (Phi) is 3.85. The fraction of sp³-hybridized carbons (Fsp3) is 0.667. The molecule has 80 valence electrons. The normalized spacial score (nSPS) is 10.9. The number of halogens is 2. The maximum absolute atomic E-state index is 11.9. The molecule has 0 atom stereocenters. The van der Waals surface area contributed by atoms with E-state index < -0.39 is 6.43 Å². The van der Waals surface area contributed by atoms with E-state index in [2.05, 4.69) is 10.3 Å². The van der Waals surface area contributed by atoms with Gasteiger partial charge in [-0.2, -0.15) is 0 Å². The van der Waals surface area contributed by atoms with Crippen LogP contribution in [0.4, 0.5) is 14.7 Å². The first-order chi connectivity index (χ1) is 6.63. The number of nitrogens with zero attached hydrogens (tertiary/aromatic N) is 2. The SMILES string of the molecule is CCCn1cc(C)nc1NCC(F)F. The monoisotopic (exact) mass is 203 g/mol. The lowest BCUT2D eigenvalue weighted by molar-refractivity contribution is 0.163. The number of nitrogens with one attached hydrogen (secondary N) is 1. The predicted molar refractivity (Wildman–Crippen MR) is 51.7 cm³/mol. The summed E-state index contributed by atoms with van der Waals surface area (Å²) in [6.07, 6.45) is 0.471. The molecule has 0 saturated carbocycles. The van der Waals surface area contributed by atoms with Crippen molar-refractivity contribution in [3.8, 4) is 0 Å². The molecule has 1 aromatic rings. The second kappa shape index (κ2) is 4.93. The summed E-state index contributed by atoms with van der Waals surface area (Å²) in [5.74, 6) is 0.532. The molecule has 0 radical (unpaired) electrons. The van der Waals surface area contributed by atoms with Crippen molar-refractivity contribution >= 4 is 5.95 Å². The summed E-state index contributed by atoms with van der Waals surface area (Å²) >= 11 is 0. The minimum absolute atomic E-state index is 0.347. The van der Waals surface area contributed by atoms with Crippen molar-refractivity contribution < 1.29 is 8.78 Å². The summed E-state index contributed by atoms with van der Waals surface area (Å²) in [7, 11) is 0.